The van der Waals surface area contributed by atoms with Gasteiger partial charge in [-0.3, -0.25) is 14.7 Å². The number of nitro groups is 1. The molecule has 162 valence electrons. The molecule has 0 saturated heterocycles. The highest BCUT2D eigenvalue weighted by atomic mass is 35.5. The molecule has 6 nitrogen and oxygen atoms in total. The van der Waals surface area contributed by atoms with E-state index < -0.39 is 22.4 Å². The zero-order valence-corrected chi connectivity index (χ0v) is 17.5. The lowest BCUT2D eigenvalue weighted by molar-refractivity contribution is -0.388. The Morgan fingerprint density at radius 3 is 2.28 bits per heavy atom. The third-order valence-electron chi connectivity index (χ3n) is 4.43. The topological polar surface area (TPSA) is 73.8 Å². The number of halogens is 4. The SMILES string of the molecule is O=[N+]([O-])c1cc(C(F)(F)F)ccc1Sc1nnc(-c2ccccc2)n1-c1ccc(Cl)cc1. The number of nitrogens with zero attached hydrogens (tertiary/aromatic N) is 4. The van der Waals surface area contributed by atoms with Crippen LogP contribution in [0.3, 0.4) is 0 Å². The Hall–Kier alpha value is -3.37. The fraction of sp³-hybridized carbons (Fsp3) is 0.0476. The standard InChI is InChI=1S/C21H12ClF3N4O2S/c22-15-7-9-16(10-8-15)28-19(13-4-2-1-3-5-13)26-27-20(28)32-18-11-6-14(21(23,24)25)12-17(18)29(30)31/h1-12H. The molecule has 0 N–H and O–H groups in total. The van der Waals surface area contributed by atoms with Gasteiger partial charge in [-0.05, 0) is 48.2 Å². The number of rotatable bonds is 5. The van der Waals surface area contributed by atoms with Crippen LogP contribution in [0.4, 0.5) is 18.9 Å². The quantitative estimate of drug-likeness (QED) is 0.238. The van der Waals surface area contributed by atoms with Crippen molar-refractivity contribution >= 4 is 29.1 Å². The maximum absolute atomic E-state index is 13.0. The van der Waals surface area contributed by atoms with Gasteiger partial charge in [0.25, 0.3) is 5.69 Å². The highest BCUT2D eigenvalue weighted by Crippen LogP contribution is 2.40. The Balaban J connectivity index is 1.84. The third kappa shape index (κ3) is 4.46. The van der Waals surface area contributed by atoms with Crippen molar-refractivity contribution in [1.29, 1.82) is 0 Å². The molecule has 0 bridgehead atoms. The predicted octanol–water partition coefficient (Wildman–Crippen LogP) is 6.67. The van der Waals surface area contributed by atoms with E-state index in [9.17, 15) is 23.3 Å². The van der Waals surface area contributed by atoms with Crippen LogP contribution >= 0.6 is 23.4 Å². The lowest BCUT2D eigenvalue weighted by Crippen LogP contribution is -2.06. The summed E-state index contributed by atoms with van der Waals surface area (Å²) in [5.74, 6) is 0.463. The summed E-state index contributed by atoms with van der Waals surface area (Å²) in [7, 11) is 0. The fourth-order valence-corrected chi connectivity index (χ4v) is 4.02. The molecule has 0 fully saturated rings. The number of benzene rings is 3. The van der Waals surface area contributed by atoms with Crippen LogP contribution in [0.5, 0.6) is 0 Å². The maximum atomic E-state index is 13.0. The largest absolute Gasteiger partial charge is 0.416 e. The molecule has 11 heteroatoms. The van der Waals surface area contributed by atoms with Crippen LogP contribution in [0, 0.1) is 10.1 Å². The number of nitro benzene ring substituents is 1. The summed E-state index contributed by atoms with van der Waals surface area (Å²) in [6.07, 6.45) is -4.70. The first kappa shape index (κ1) is 21.8. The van der Waals surface area contributed by atoms with Gasteiger partial charge in [-0.1, -0.05) is 41.9 Å². The molecule has 3 aromatic carbocycles. The summed E-state index contributed by atoms with van der Waals surface area (Å²) in [4.78, 5) is 10.6. The highest BCUT2D eigenvalue weighted by molar-refractivity contribution is 7.99. The van der Waals surface area contributed by atoms with E-state index in [4.69, 9.17) is 11.6 Å². The molecule has 0 atom stereocenters. The lowest BCUT2D eigenvalue weighted by atomic mass is 10.2. The summed E-state index contributed by atoms with van der Waals surface area (Å²) in [5.41, 5.74) is -0.395. The van der Waals surface area contributed by atoms with Crippen molar-refractivity contribution in [3.05, 3.63) is 93.5 Å². The van der Waals surface area contributed by atoms with Crippen LogP contribution in [-0.2, 0) is 6.18 Å². The Labute approximate surface area is 188 Å². The van der Waals surface area contributed by atoms with Crippen molar-refractivity contribution in [1.82, 2.24) is 14.8 Å². The molecule has 0 spiro atoms. The summed E-state index contributed by atoms with van der Waals surface area (Å²) in [5, 5.41) is 20.6. The average Bonchev–Trinajstić information content (AvgIpc) is 3.18. The Morgan fingerprint density at radius 1 is 0.969 bits per heavy atom. The number of hydrogen-bond donors (Lipinski definition) is 0. The second-order valence-electron chi connectivity index (χ2n) is 6.52. The van der Waals surface area contributed by atoms with E-state index in [1.165, 1.54) is 0 Å². The molecule has 32 heavy (non-hydrogen) atoms. The summed E-state index contributed by atoms with van der Waals surface area (Å²) < 4.78 is 40.8. The molecule has 0 unspecified atom stereocenters. The Morgan fingerprint density at radius 2 is 1.66 bits per heavy atom. The summed E-state index contributed by atoms with van der Waals surface area (Å²) >= 11 is 6.84. The first-order valence-electron chi connectivity index (χ1n) is 9.04. The fourth-order valence-electron chi connectivity index (χ4n) is 2.95. The second kappa shape index (κ2) is 8.64. The zero-order valence-electron chi connectivity index (χ0n) is 16.0. The first-order valence-corrected chi connectivity index (χ1v) is 10.2. The average molecular weight is 477 g/mol. The Kier molecular flexibility index (Phi) is 5.90. The van der Waals surface area contributed by atoms with E-state index in [0.29, 0.717) is 22.6 Å². The molecule has 0 saturated carbocycles. The number of alkyl halides is 3. The molecular weight excluding hydrogens is 465 g/mol. The molecular formula is C21H12ClF3N4O2S. The van der Waals surface area contributed by atoms with Crippen molar-refractivity contribution in [2.24, 2.45) is 0 Å². The summed E-state index contributed by atoms with van der Waals surface area (Å²) in [6, 6.07) is 18.3. The molecule has 0 radical (unpaired) electrons. The van der Waals surface area contributed by atoms with Gasteiger partial charge in [-0.25, -0.2) is 0 Å². The van der Waals surface area contributed by atoms with Gasteiger partial charge in [-0.15, -0.1) is 10.2 Å². The smallest absolute Gasteiger partial charge is 0.270 e. The molecule has 1 aromatic heterocycles. The molecule has 0 amide bonds. The highest BCUT2D eigenvalue weighted by Gasteiger charge is 2.33. The van der Waals surface area contributed by atoms with Crippen molar-refractivity contribution in [2.75, 3.05) is 0 Å². The molecule has 0 aliphatic heterocycles. The monoisotopic (exact) mass is 476 g/mol. The van der Waals surface area contributed by atoms with Gasteiger partial charge in [0, 0.05) is 22.3 Å². The van der Waals surface area contributed by atoms with Gasteiger partial charge < -0.3 is 0 Å². The normalized spacial score (nSPS) is 11.5. The lowest BCUT2D eigenvalue weighted by Gasteiger charge is -2.11. The van der Waals surface area contributed by atoms with Crippen LogP contribution in [0.1, 0.15) is 5.56 Å². The van der Waals surface area contributed by atoms with Crippen LogP contribution in [-0.4, -0.2) is 19.7 Å². The number of aromatic nitrogens is 3. The predicted molar refractivity (Wildman–Crippen MR) is 114 cm³/mol. The second-order valence-corrected chi connectivity index (χ2v) is 7.97. The van der Waals surface area contributed by atoms with E-state index in [2.05, 4.69) is 10.2 Å². The van der Waals surface area contributed by atoms with Crippen LogP contribution < -0.4 is 0 Å². The molecule has 4 rings (SSSR count). The van der Waals surface area contributed by atoms with Crippen molar-refractivity contribution in [3.8, 4) is 17.1 Å². The minimum Gasteiger partial charge on any atom is -0.270 e. The van der Waals surface area contributed by atoms with Crippen LogP contribution in [0.15, 0.2) is 82.8 Å². The van der Waals surface area contributed by atoms with E-state index in [-0.39, 0.29) is 10.1 Å². The van der Waals surface area contributed by atoms with E-state index in [1.807, 2.05) is 30.3 Å². The van der Waals surface area contributed by atoms with E-state index in [1.54, 1.807) is 28.8 Å². The summed E-state index contributed by atoms with van der Waals surface area (Å²) in [6.45, 7) is 0. The van der Waals surface area contributed by atoms with Crippen molar-refractivity contribution in [2.45, 2.75) is 16.2 Å². The van der Waals surface area contributed by atoms with Gasteiger partial charge in [0.2, 0.25) is 5.16 Å². The van der Waals surface area contributed by atoms with E-state index in [0.717, 1.165) is 29.5 Å². The van der Waals surface area contributed by atoms with Crippen molar-refractivity contribution in [3.63, 3.8) is 0 Å². The van der Waals surface area contributed by atoms with Crippen LogP contribution in [0.25, 0.3) is 17.1 Å². The maximum Gasteiger partial charge on any atom is 0.416 e. The van der Waals surface area contributed by atoms with Gasteiger partial charge >= 0.3 is 6.18 Å². The van der Waals surface area contributed by atoms with Gasteiger partial charge in [0.05, 0.1) is 15.4 Å². The Bertz CT molecular complexity index is 1280. The molecule has 0 aliphatic rings. The minimum atomic E-state index is -4.70. The third-order valence-corrected chi connectivity index (χ3v) is 5.70. The molecule has 4 aromatic rings. The van der Waals surface area contributed by atoms with Gasteiger partial charge in [-0.2, -0.15) is 13.2 Å². The van der Waals surface area contributed by atoms with Gasteiger partial charge in [0.15, 0.2) is 5.82 Å². The minimum absolute atomic E-state index is 0.00484. The van der Waals surface area contributed by atoms with Crippen LogP contribution in [0.2, 0.25) is 5.02 Å². The van der Waals surface area contributed by atoms with Crippen molar-refractivity contribution < 1.29 is 18.1 Å². The number of hydrogen-bond acceptors (Lipinski definition) is 5. The zero-order chi connectivity index (χ0) is 22.9. The molecule has 1 heterocycles. The van der Waals surface area contributed by atoms with Gasteiger partial charge in [0.1, 0.15) is 0 Å². The molecule has 0 aliphatic carbocycles. The van der Waals surface area contributed by atoms with E-state index >= 15 is 0 Å². The first-order chi connectivity index (χ1) is 15.2.